The number of methoxy groups -OCH3 is 2. The minimum atomic E-state index is -3.65. The molecule has 4 heteroatoms. The first-order valence-electron chi connectivity index (χ1n) is 14.2. The number of fused-ring (bicyclic) bond motifs is 3. The van der Waals surface area contributed by atoms with Crippen molar-refractivity contribution in [2.24, 2.45) is 11.8 Å². The molecule has 3 atom stereocenters. The molecule has 0 spiro atoms. The summed E-state index contributed by atoms with van der Waals surface area (Å²) in [5, 5.41) is 11.2. The van der Waals surface area contributed by atoms with Gasteiger partial charge in [0.25, 0.3) is 0 Å². The summed E-state index contributed by atoms with van der Waals surface area (Å²) in [5.41, 5.74) is -1.49. The molecule has 0 bridgehead atoms. The molecule has 4 nitrogen and oxygen atoms in total. The van der Waals surface area contributed by atoms with E-state index < -0.39 is 85.7 Å². The average Bonchev–Trinajstić information content (AvgIpc) is 2.69. The third-order valence-electron chi connectivity index (χ3n) is 3.58. The van der Waals surface area contributed by atoms with Gasteiger partial charge in [-0.1, -0.05) is 13.8 Å². The van der Waals surface area contributed by atoms with E-state index in [1.165, 1.54) is 13.8 Å². The maximum Gasteiger partial charge on any atom is 0.161 e. The zero-order valence-electron chi connectivity index (χ0n) is 27.2. The summed E-state index contributed by atoms with van der Waals surface area (Å²) in [6, 6.07) is -1.80. The Bertz CT molecular complexity index is 1090. The Labute approximate surface area is 159 Å². The molecule has 1 aromatic rings. The monoisotopic (exact) mass is 333 g/mol. The van der Waals surface area contributed by atoms with Gasteiger partial charge in [-0.15, -0.1) is 0 Å². The molecule has 1 saturated heterocycles. The summed E-state index contributed by atoms with van der Waals surface area (Å²) in [6.45, 7) is -3.98. The molecule has 0 radical (unpaired) electrons. The van der Waals surface area contributed by atoms with Crippen molar-refractivity contribution in [2.45, 2.75) is 45.1 Å². The Morgan fingerprint density at radius 3 is 2.91 bits per heavy atom. The van der Waals surface area contributed by atoms with Crippen molar-refractivity contribution in [3.05, 3.63) is 23.3 Å². The Kier molecular flexibility index (Phi) is 1.91. The van der Waals surface area contributed by atoms with Crippen LogP contribution in [0.2, 0.25) is 0 Å². The van der Waals surface area contributed by atoms with Crippen LogP contribution in [0.25, 0.3) is 0 Å². The minimum absolute atomic E-state index is 0.0581. The van der Waals surface area contributed by atoms with Crippen LogP contribution in [0.4, 0.5) is 0 Å². The standard InChI is InChI=1S/C19H29NO3/c1-12(2)7-14-11-20-6-5-13-8-18(22-3)19(23-4)9-15(13)16(20)10-17(14)21/h8-9,12,14,16-17,21H,5-7,10-11H2,1-4H3/i3D3,5D2,6D2,10D2,11D2,14D,16D,17D. The average molecular weight is 334 g/mol. The number of benzene rings is 1. The lowest BCUT2D eigenvalue weighted by Gasteiger charge is -2.46. The summed E-state index contributed by atoms with van der Waals surface area (Å²) in [6.07, 6.45) is -11.1. The molecular weight excluding hydrogens is 290 g/mol. The molecule has 3 unspecified atom stereocenters. The van der Waals surface area contributed by atoms with E-state index in [2.05, 4.69) is 0 Å². The van der Waals surface area contributed by atoms with E-state index in [1.807, 2.05) is 0 Å². The fourth-order valence-corrected chi connectivity index (χ4v) is 2.52. The second-order valence-corrected chi connectivity index (χ2v) is 5.73. The molecule has 1 N–H and O–H groups in total. The van der Waals surface area contributed by atoms with E-state index in [0.717, 1.165) is 19.2 Å². The van der Waals surface area contributed by atoms with Crippen LogP contribution >= 0.6 is 0 Å². The molecule has 2 aliphatic heterocycles. The van der Waals surface area contributed by atoms with E-state index >= 15 is 0 Å². The minimum Gasteiger partial charge on any atom is -0.493 e. The van der Waals surface area contributed by atoms with Crippen LogP contribution in [-0.2, 0) is 6.37 Å². The van der Waals surface area contributed by atoms with Gasteiger partial charge < -0.3 is 14.6 Å². The summed E-state index contributed by atoms with van der Waals surface area (Å²) < 4.78 is 128. The van der Waals surface area contributed by atoms with Crippen LogP contribution in [-0.4, -0.2) is 43.2 Å². The molecule has 0 aliphatic carbocycles. The Balaban J connectivity index is 2.53. The third-order valence-corrected chi connectivity index (χ3v) is 3.58. The largest absolute Gasteiger partial charge is 0.493 e. The Morgan fingerprint density at radius 1 is 1.43 bits per heavy atom. The van der Waals surface area contributed by atoms with Gasteiger partial charge in [-0.25, -0.2) is 0 Å². The molecule has 2 heterocycles. The van der Waals surface area contributed by atoms with Gasteiger partial charge in [-0.2, -0.15) is 0 Å². The molecule has 0 amide bonds. The first-order chi connectivity index (χ1) is 16.3. The number of piperidine rings is 1. The third kappa shape index (κ3) is 3.20. The number of hydrogen-bond donors (Lipinski definition) is 1. The number of hydrogen-bond acceptors (Lipinski definition) is 4. The smallest absolute Gasteiger partial charge is 0.161 e. The van der Waals surface area contributed by atoms with Crippen molar-refractivity contribution in [3.8, 4) is 11.5 Å². The lowest BCUT2D eigenvalue weighted by atomic mass is 9.79. The molecule has 128 valence electrons. The second-order valence-electron chi connectivity index (χ2n) is 5.73. The van der Waals surface area contributed by atoms with Crippen LogP contribution in [0, 0.1) is 11.8 Å². The van der Waals surface area contributed by atoms with Crippen molar-refractivity contribution >= 4 is 0 Å². The maximum absolute atomic E-state index is 11.2. The van der Waals surface area contributed by atoms with E-state index in [0.29, 0.717) is 0 Å². The number of rotatable bonds is 4. The highest BCUT2D eigenvalue weighted by molar-refractivity contribution is 5.49. The lowest BCUT2D eigenvalue weighted by molar-refractivity contribution is -0.0191. The molecule has 23 heavy (non-hydrogen) atoms. The first-order valence-corrected chi connectivity index (χ1v) is 7.24. The fourth-order valence-electron chi connectivity index (χ4n) is 2.52. The normalized spacial score (nSPS) is 55.3. The molecule has 3 rings (SSSR count). The quantitative estimate of drug-likeness (QED) is 0.920. The van der Waals surface area contributed by atoms with Crippen molar-refractivity contribution in [1.82, 2.24) is 4.90 Å². The molecule has 1 aromatic carbocycles. The van der Waals surface area contributed by atoms with Crippen molar-refractivity contribution in [2.75, 3.05) is 27.1 Å². The number of aryl methyl sites for hydroxylation is 1. The van der Waals surface area contributed by atoms with Crippen LogP contribution in [0.5, 0.6) is 11.5 Å². The fraction of sp³-hybridized carbons (Fsp3) is 0.684. The summed E-state index contributed by atoms with van der Waals surface area (Å²) >= 11 is 0. The van der Waals surface area contributed by atoms with Gasteiger partial charge in [0.15, 0.2) is 11.5 Å². The topological polar surface area (TPSA) is 41.9 Å². The molecule has 1 fully saturated rings. The SMILES string of the molecule is [2H]C([2H])([2H])Oc1cc2c(cc1OC)C1([2H])N(C([2H])([2H])C2([2H])[2H])C([2H])([2H])C([2H])(CC(C)C)C([2H])(O)C1([2H])[2H]. The molecule has 2 aliphatic rings. The summed E-state index contributed by atoms with van der Waals surface area (Å²) in [5.74, 6) is -4.67. The van der Waals surface area contributed by atoms with Gasteiger partial charge in [0.05, 0.1) is 27.1 Å². The van der Waals surface area contributed by atoms with Crippen LogP contribution in [0.1, 0.15) is 63.0 Å². The van der Waals surface area contributed by atoms with Gasteiger partial charge >= 0.3 is 0 Å². The number of ether oxygens (including phenoxy) is 2. The van der Waals surface area contributed by atoms with Gasteiger partial charge in [0, 0.05) is 31.3 Å². The highest BCUT2D eigenvalue weighted by atomic mass is 16.5. The highest BCUT2D eigenvalue weighted by Crippen LogP contribution is 2.43. The van der Waals surface area contributed by atoms with Gasteiger partial charge in [-0.3, -0.25) is 4.90 Å². The summed E-state index contributed by atoms with van der Waals surface area (Å²) in [7, 11) is -1.97. The summed E-state index contributed by atoms with van der Waals surface area (Å²) in [4.78, 5) is -0.0581. The number of aliphatic hydroxyl groups is 1. The van der Waals surface area contributed by atoms with Crippen molar-refractivity contribution in [3.63, 3.8) is 0 Å². The van der Waals surface area contributed by atoms with E-state index in [-0.39, 0.29) is 4.90 Å². The van der Waals surface area contributed by atoms with Gasteiger partial charge in [-0.05, 0) is 54.2 Å². The number of nitrogens with zero attached hydrogens (tertiary/aromatic N) is 1. The van der Waals surface area contributed by atoms with Crippen molar-refractivity contribution < 1.29 is 33.8 Å². The van der Waals surface area contributed by atoms with E-state index in [1.54, 1.807) is 0 Å². The predicted octanol–water partition coefficient (Wildman–Crippen LogP) is 3.03. The highest BCUT2D eigenvalue weighted by Gasteiger charge is 2.38. The second kappa shape index (κ2) is 6.70. The lowest BCUT2D eigenvalue weighted by Crippen LogP contribution is -2.48. The molecular formula is C19H29NO3. The zero-order chi connectivity index (χ0) is 29.0. The molecule has 0 aromatic heterocycles. The van der Waals surface area contributed by atoms with Gasteiger partial charge in [0.1, 0.15) is 0 Å². The van der Waals surface area contributed by atoms with Crippen LogP contribution < -0.4 is 9.47 Å². The van der Waals surface area contributed by atoms with E-state index in [9.17, 15) is 6.48 Å². The first kappa shape index (κ1) is 6.57. The maximum atomic E-state index is 11.2. The van der Waals surface area contributed by atoms with Crippen LogP contribution in [0.15, 0.2) is 12.1 Å². The Morgan fingerprint density at radius 2 is 2.22 bits per heavy atom. The molecule has 0 saturated carbocycles. The van der Waals surface area contributed by atoms with Crippen LogP contribution in [0.3, 0.4) is 0 Å². The van der Waals surface area contributed by atoms with E-state index in [4.69, 9.17) is 27.3 Å². The Hall–Kier alpha value is -1.26. The van der Waals surface area contributed by atoms with Crippen molar-refractivity contribution in [1.29, 1.82) is 0 Å². The predicted molar refractivity (Wildman–Crippen MR) is 91.1 cm³/mol. The zero-order valence-corrected chi connectivity index (χ0v) is 13.2. The van der Waals surface area contributed by atoms with Gasteiger partial charge in [0.2, 0.25) is 0 Å².